The van der Waals surface area contributed by atoms with Gasteiger partial charge in [-0.3, -0.25) is 4.79 Å². The standard InChI is InChI=1S/C18H18N2O3S/c1-4-22-14-8-6-13(7-9-14)20-17(21)16-12(3)19-18(24-16)15-10-5-11(2)23-15/h5-10H,4H2,1-3H3,(H,20,21). The van der Waals surface area contributed by atoms with Crippen molar-refractivity contribution in [3.8, 4) is 16.5 Å². The van der Waals surface area contributed by atoms with Crippen molar-refractivity contribution in [2.45, 2.75) is 20.8 Å². The summed E-state index contributed by atoms with van der Waals surface area (Å²) in [6.07, 6.45) is 0. The highest BCUT2D eigenvalue weighted by molar-refractivity contribution is 7.17. The topological polar surface area (TPSA) is 64.4 Å². The fourth-order valence-electron chi connectivity index (χ4n) is 2.25. The monoisotopic (exact) mass is 342 g/mol. The summed E-state index contributed by atoms with van der Waals surface area (Å²) in [5.41, 5.74) is 1.40. The summed E-state index contributed by atoms with van der Waals surface area (Å²) in [6.45, 7) is 6.24. The molecule has 0 aliphatic rings. The van der Waals surface area contributed by atoms with Crippen molar-refractivity contribution in [1.82, 2.24) is 4.98 Å². The van der Waals surface area contributed by atoms with Crippen LogP contribution in [-0.4, -0.2) is 17.5 Å². The zero-order valence-corrected chi connectivity index (χ0v) is 14.6. The molecule has 24 heavy (non-hydrogen) atoms. The van der Waals surface area contributed by atoms with Gasteiger partial charge in [-0.15, -0.1) is 11.3 Å². The number of hydrogen-bond acceptors (Lipinski definition) is 5. The number of furan rings is 1. The van der Waals surface area contributed by atoms with Crippen molar-refractivity contribution in [2.24, 2.45) is 0 Å². The molecule has 124 valence electrons. The summed E-state index contributed by atoms with van der Waals surface area (Å²) in [5, 5.41) is 3.59. The van der Waals surface area contributed by atoms with Crippen LogP contribution in [0.25, 0.3) is 10.8 Å². The van der Waals surface area contributed by atoms with Crippen LogP contribution < -0.4 is 10.1 Å². The number of rotatable bonds is 5. The molecule has 0 radical (unpaired) electrons. The molecule has 0 atom stereocenters. The summed E-state index contributed by atoms with van der Waals surface area (Å²) in [6, 6.07) is 11.0. The van der Waals surface area contributed by atoms with E-state index in [1.54, 1.807) is 0 Å². The minimum Gasteiger partial charge on any atom is -0.494 e. The van der Waals surface area contributed by atoms with Gasteiger partial charge in [0.1, 0.15) is 16.4 Å². The quantitative estimate of drug-likeness (QED) is 0.732. The Bertz CT molecular complexity index is 850. The van der Waals surface area contributed by atoms with E-state index in [1.165, 1.54) is 11.3 Å². The number of nitrogens with zero attached hydrogens (tertiary/aromatic N) is 1. The molecule has 0 bridgehead atoms. The first-order valence-corrected chi connectivity index (χ1v) is 8.47. The number of aromatic nitrogens is 1. The van der Waals surface area contributed by atoms with E-state index in [9.17, 15) is 4.79 Å². The largest absolute Gasteiger partial charge is 0.494 e. The zero-order valence-electron chi connectivity index (χ0n) is 13.8. The number of hydrogen-bond donors (Lipinski definition) is 1. The van der Waals surface area contributed by atoms with Gasteiger partial charge in [0.25, 0.3) is 5.91 Å². The van der Waals surface area contributed by atoms with Crippen LogP contribution in [0.2, 0.25) is 0 Å². The lowest BCUT2D eigenvalue weighted by Gasteiger charge is -2.06. The number of aryl methyl sites for hydroxylation is 2. The maximum absolute atomic E-state index is 12.5. The van der Waals surface area contributed by atoms with Gasteiger partial charge in [-0.2, -0.15) is 0 Å². The number of benzene rings is 1. The lowest BCUT2D eigenvalue weighted by atomic mass is 10.3. The summed E-state index contributed by atoms with van der Waals surface area (Å²) in [7, 11) is 0. The molecule has 1 aromatic carbocycles. The van der Waals surface area contributed by atoms with Crippen molar-refractivity contribution in [3.05, 3.63) is 52.7 Å². The molecule has 0 aliphatic heterocycles. The Kier molecular flexibility index (Phi) is 4.66. The third kappa shape index (κ3) is 3.49. The minimum absolute atomic E-state index is 0.177. The van der Waals surface area contributed by atoms with Crippen LogP contribution in [0.4, 0.5) is 5.69 Å². The fraction of sp³-hybridized carbons (Fsp3) is 0.222. The van der Waals surface area contributed by atoms with E-state index < -0.39 is 0 Å². The molecular weight excluding hydrogens is 324 g/mol. The van der Waals surface area contributed by atoms with E-state index in [0.717, 1.165) is 11.5 Å². The molecular formula is C18H18N2O3S. The van der Waals surface area contributed by atoms with Crippen molar-refractivity contribution in [2.75, 3.05) is 11.9 Å². The van der Waals surface area contributed by atoms with Crippen LogP contribution in [0.15, 0.2) is 40.8 Å². The Hall–Kier alpha value is -2.60. The molecule has 1 amide bonds. The van der Waals surface area contributed by atoms with Gasteiger partial charge in [0, 0.05) is 5.69 Å². The molecule has 0 spiro atoms. The highest BCUT2D eigenvalue weighted by atomic mass is 32.1. The average Bonchev–Trinajstić information content (AvgIpc) is 3.15. The molecule has 0 saturated carbocycles. The molecule has 0 saturated heterocycles. The van der Waals surface area contributed by atoms with Crippen LogP contribution in [0.3, 0.4) is 0 Å². The Morgan fingerprint density at radius 1 is 1.21 bits per heavy atom. The second-order valence-electron chi connectivity index (χ2n) is 5.26. The number of carbonyl (C=O) groups excluding carboxylic acids is 1. The molecule has 5 nitrogen and oxygen atoms in total. The fourth-order valence-corrected chi connectivity index (χ4v) is 3.17. The number of ether oxygens (including phenoxy) is 1. The Morgan fingerprint density at radius 3 is 2.58 bits per heavy atom. The van der Waals surface area contributed by atoms with E-state index in [4.69, 9.17) is 9.15 Å². The van der Waals surface area contributed by atoms with Gasteiger partial charge < -0.3 is 14.5 Å². The van der Waals surface area contributed by atoms with Crippen molar-refractivity contribution < 1.29 is 13.9 Å². The van der Waals surface area contributed by atoms with Gasteiger partial charge in [-0.1, -0.05) is 0 Å². The Balaban J connectivity index is 1.76. The molecule has 2 aromatic heterocycles. The van der Waals surface area contributed by atoms with Gasteiger partial charge >= 0.3 is 0 Å². The number of amides is 1. The highest BCUT2D eigenvalue weighted by Crippen LogP contribution is 2.30. The normalized spacial score (nSPS) is 10.6. The van der Waals surface area contributed by atoms with Gasteiger partial charge in [0.2, 0.25) is 0 Å². The number of thiazole rings is 1. The van der Waals surface area contributed by atoms with Crippen molar-refractivity contribution in [1.29, 1.82) is 0 Å². The second kappa shape index (κ2) is 6.88. The van der Waals surface area contributed by atoms with E-state index in [0.29, 0.717) is 33.6 Å². The van der Waals surface area contributed by atoms with Crippen LogP contribution in [-0.2, 0) is 0 Å². The Labute approximate surface area is 144 Å². The van der Waals surface area contributed by atoms with Crippen molar-refractivity contribution in [3.63, 3.8) is 0 Å². The van der Waals surface area contributed by atoms with Crippen molar-refractivity contribution >= 4 is 22.9 Å². The van der Waals surface area contributed by atoms with E-state index >= 15 is 0 Å². The summed E-state index contributed by atoms with van der Waals surface area (Å²) < 4.78 is 11.0. The van der Waals surface area contributed by atoms with Gasteiger partial charge in [0.15, 0.2) is 10.8 Å². The minimum atomic E-state index is -0.177. The molecule has 6 heteroatoms. The van der Waals surface area contributed by atoms with Gasteiger partial charge in [0.05, 0.1) is 12.3 Å². The first-order valence-electron chi connectivity index (χ1n) is 7.65. The van der Waals surface area contributed by atoms with Crippen LogP contribution in [0.1, 0.15) is 28.0 Å². The third-order valence-electron chi connectivity index (χ3n) is 3.38. The summed E-state index contributed by atoms with van der Waals surface area (Å²) >= 11 is 1.32. The maximum atomic E-state index is 12.5. The number of anilines is 1. The van der Waals surface area contributed by atoms with E-state index in [2.05, 4.69) is 10.3 Å². The lowest BCUT2D eigenvalue weighted by molar-refractivity contribution is 0.103. The zero-order chi connectivity index (χ0) is 17.1. The molecule has 2 heterocycles. The second-order valence-corrected chi connectivity index (χ2v) is 6.25. The van der Waals surface area contributed by atoms with Crippen LogP contribution in [0.5, 0.6) is 5.75 Å². The van der Waals surface area contributed by atoms with Crippen LogP contribution >= 0.6 is 11.3 Å². The third-order valence-corrected chi connectivity index (χ3v) is 4.55. The molecule has 1 N–H and O–H groups in total. The predicted molar refractivity (Wildman–Crippen MR) is 94.9 cm³/mol. The first kappa shape index (κ1) is 16.3. The SMILES string of the molecule is CCOc1ccc(NC(=O)c2sc(-c3ccc(C)o3)nc2C)cc1. The van der Waals surface area contributed by atoms with E-state index in [1.807, 2.05) is 57.2 Å². The first-order chi connectivity index (χ1) is 11.6. The molecule has 0 aliphatic carbocycles. The average molecular weight is 342 g/mol. The predicted octanol–water partition coefficient (Wildman–Crippen LogP) is 4.67. The maximum Gasteiger partial charge on any atom is 0.267 e. The Morgan fingerprint density at radius 2 is 1.96 bits per heavy atom. The smallest absolute Gasteiger partial charge is 0.267 e. The molecule has 0 fully saturated rings. The lowest BCUT2D eigenvalue weighted by Crippen LogP contribution is -2.11. The summed E-state index contributed by atoms with van der Waals surface area (Å²) in [5.74, 6) is 2.10. The molecule has 0 unspecified atom stereocenters. The van der Waals surface area contributed by atoms with Gasteiger partial charge in [-0.25, -0.2) is 4.98 Å². The highest BCUT2D eigenvalue weighted by Gasteiger charge is 2.18. The van der Waals surface area contributed by atoms with Gasteiger partial charge in [-0.05, 0) is 57.2 Å². The number of nitrogens with one attached hydrogen (secondary N) is 1. The number of carbonyl (C=O) groups is 1. The summed E-state index contributed by atoms with van der Waals surface area (Å²) in [4.78, 5) is 17.5. The van der Waals surface area contributed by atoms with Crippen LogP contribution in [0, 0.1) is 13.8 Å². The van der Waals surface area contributed by atoms with E-state index in [-0.39, 0.29) is 5.91 Å². The molecule has 3 rings (SSSR count). The molecule has 3 aromatic rings.